The Morgan fingerprint density at radius 1 is 1.67 bits per heavy atom. The highest BCUT2D eigenvalue weighted by Gasteiger charge is 2.45. The van der Waals surface area contributed by atoms with E-state index < -0.39 is 0 Å². The zero-order valence-electron chi connectivity index (χ0n) is 5.98. The summed E-state index contributed by atoms with van der Waals surface area (Å²) >= 11 is 0. The Hall–Kier alpha value is -0.370. The summed E-state index contributed by atoms with van der Waals surface area (Å²) < 4.78 is 0. The highest BCUT2D eigenvalue weighted by molar-refractivity contribution is 5.79. The molecule has 0 aromatic carbocycles. The van der Waals surface area contributed by atoms with Gasteiger partial charge >= 0.3 is 0 Å². The van der Waals surface area contributed by atoms with Gasteiger partial charge < -0.3 is 5.73 Å². The van der Waals surface area contributed by atoms with Crippen LogP contribution in [0.1, 0.15) is 26.7 Å². The van der Waals surface area contributed by atoms with Crippen molar-refractivity contribution in [3.05, 3.63) is 0 Å². The van der Waals surface area contributed by atoms with Crippen LogP contribution in [0, 0.1) is 5.92 Å². The second-order valence-corrected chi connectivity index (χ2v) is 3.07. The van der Waals surface area contributed by atoms with Crippen molar-refractivity contribution in [1.29, 1.82) is 0 Å². The minimum atomic E-state index is -0.119. The van der Waals surface area contributed by atoms with Gasteiger partial charge in [0.15, 0.2) is 0 Å². The molecule has 2 N–H and O–H groups in total. The van der Waals surface area contributed by atoms with Crippen LogP contribution in [0.2, 0.25) is 0 Å². The van der Waals surface area contributed by atoms with E-state index in [0.29, 0.717) is 0 Å². The molecule has 0 spiro atoms. The fourth-order valence-corrected chi connectivity index (χ4v) is 0.982. The van der Waals surface area contributed by atoms with Crippen molar-refractivity contribution in [3.63, 3.8) is 0 Å². The molecule has 0 aromatic rings. The van der Waals surface area contributed by atoms with E-state index in [1.54, 1.807) is 6.92 Å². The zero-order valence-corrected chi connectivity index (χ0v) is 5.98. The van der Waals surface area contributed by atoms with Gasteiger partial charge in [-0.05, 0) is 19.8 Å². The van der Waals surface area contributed by atoms with Gasteiger partial charge in [0, 0.05) is 11.5 Å². The molecule has 1 rings (SSSR count). The van der Waals surface area contributed by atoms with Crippen LogP contribution in [0.5, 0.6) is 0 Å². The van der Waals surface area contributed by atoms with Gasteiger partial charge in [0.05, 0.1) is 0 Å². The van der Waals surface area contributed by atoms with Gasteiger partial charge in [-0.3, -0.25) is 4.79 Å². The molecule has 0 aromatic heterocycles. The lowest BCUT2D eigenvalue weighted by atomic mass is 9.97. The molecular weight excluding hydrogens is 114 g/mol. The largest absolute Gasteiger partial charge is 0.324 e. The van der Waals surface area contributed by atoms with E-state index in [9.17, 15) is 4.79 Å². The highest BCUT2D eigenvalue weighted by atomic mass is 16.1. The van der Waals surface area contributed by atoms with Crippen LogP contribution < -0.4 is 5.73 Å². The van der Waals surface area contributed by atoms with Gasteiger partial charge in [-0.15, -0.1) is 0 Å². The Morgan fingerprint density at radius 3 is 2.22 bits per heavy atom. The lowest BCUT2D eigenvalue weighted by Crippen LogP contribution is -2.34. The first kappa shape index (κ1) is 6.75. The van der Waals surface area contributed by atoms with E-state index in [4.69, 9.17) is 5.73 Å². The highest BCUT2D eigenvalue weighted by Crippen LogP contribution is 2.39. The maximum atomic E-state index is 10.8. The SMILES string of the molecule is CC(=O)C(C)C1(N)CC1. The Labute approximate surface area is 55.4 Å². The molecule has 2 nitrogen and oxygen atoms in total. The summed E-state index contributed by atoms with van der Waals surface area (Å²) in [6, 6.07) is 0. The monoisotopic (exact) mass is 127 g/mol. The maximum Gasteiger partial charge on any atom is 0.134 e. The molecule has 1 unspecified atom stereocenters. The van der Waals surface area contributed by atoms with E-state index >= 15 is 0 Å². The average molecular weight is 127 g/mol. The fraction of sp³-hybridized carbons (Fsp3) is 0.857. The number of rotatable bonds is 2. The first-order valence-electron chi connectivity index (χ1n) is 3.35. The number of carbonyl (C=O) groups excluding carboxylic acids is 1. The van der Waals surface area contributed by atoms with Crippen LogP contribution >= 0.6 is 0 Å². The van der Waals surface area contributed by atoms with E-state index in [1.807, 2.05) is 6.92 Å². The second-order valence-electron chi connectivity index (χ2n) is 3.07. The summed E-state index contributed by atoms with van der Waals surface area (Å²) in [6.07, 6.45) is 2.04. The van der Waals surface area contributed by atoms with Crippen molar-refractivity contribution >= 4 is 5.78 Å². The number of carbonyl (C=O) groups is 1. The summed E-state index contributed by atoms with van der Waals surface area (Å²) in [4.78, 5) is 10.8. The number of Topliss-reactive ketones (excluding diaryl/α,β-unsaturated/α-hetero) is 1. The lowest BCUT2D eigenvalue weighted by Gasteiger charge is -2.14. The summed E-state index contributed by atoms with van der Waals surface area (Å²) in [7, 11) is 0. The van der Waals surface area contributed by atoms with E-state index in [2.05, 4.69) is 0 Å². The summed E-state index contributed by atoms with van der Waals surface area (Å²) in [6.45, 7) is 3.52. The molecule has 1 aliphatic carbocycles. The van der Waals surface area contributed by atoms with Crippen LogP contribution in [0.4, 0.5) is 0 Å². The molecule has 1 fully saturated rings. The minimum Gasteiger partial charge on any atom is -0.324 e. The van der Waals surface area contributed by atoms with Gasteiger partial charge in [-0.2, -0.15) is 0 Å². The van der Waals surface area contributed by atoms with E-state index in [0.717, 1.165) is 12.8 Å². The second kappa shape index (κ2) is 1.81. The smallest absolute Gasteiger partial charge is 0.134 e. The van der Waals surface area contributed by atoms with Crippen molar-refractivity contribution in [3.8, 4) is 0 Å². The molecule has 0 amide bonds. The van der Waals surface area contributed by atoms with Crippen molar-refractivity contribution in [2.24, 2.45) is 11.7 Å². The Kier molecular flexibility index (Phi) is 1.35. The molecule has 0 saturated heterocycles. The van der Waals surface area contributed by atoms with Gasteiger partial charge in [-0.1, -0.05) is 6.92 Å². The van der Waals surface area contributed by atoms with Crippen LogP contribution in [0.15, 0.2) is 0 Å². The first-order chi connectivity index (χ1) is 4.06. The topological polar surface area (TPSA) is 43.1 Å². The number of ketones is 1. The van der Waals surface area contributed by atoms with Crippen LogP contribution in [-0.2, 0) is 4.79 Å². The van der Waals surface area contributed by atoms with Gasteiger partial charge in [-0.25, -0.2) is 0 Å². The predicted molar refractivity (Wildman–Crippen MR) is 36.0 cm³/mol. The van der Waals surface area contributed by atoms with Crippen molar-refractivity contribution in [2.75, 3.05) is 0 Å². The van der Waals surface area contributed by atoms with Crippen molar-refractivity contribution < 1.29 is 4.79 Å². The molecule has 0 heterocycles. The normalized spacial score (nSPS) is 25.2. The third kappa shape index (κ3) is 1.13. The van der Waals surface area contributed by atoms with E-state index in [-0.39, 0.29) is 17.2 Å². The molecule has 52 valence electrons. The molecule has 1 aliphatic rings. The quantitative estimate of drug-likeness (QED) is 0.593. The van der Waals surface area contributed by atoms with Crippen LogP contribution in [0.25, 0.3) is 0 Å². The number of nitrogens with two attached hydrogens (primary N) is 1. The summed E-state index contributed by atoms with van der Waals surface area (Å²) in [5.41, 5.74) is 5.65. The maximum absolute atomic E-state index is 10.8. The van der Waals surface area contributed by atoms with E-state index in [1.165, 1.54) is 0 Å². The molecule has 0 bridgehead atoms. The lowest BCUT2D eigenvalue weighted by molar-refractivity contribution is -0.121. The first-order valence-corrected chi connectivity index (χ1v) is 3.35. The average Bonchev–Trinajstić information content (AvgIpc) is 2.47. The van der Waals surface area contributed by atoms with Gasteiger partial charge in [0.1, 0.15) is 5.78 Å². The van der Waals surface area contributed by atoms with Crippen LogP contribution in [-0.4, -0.2) is 11.3 Å². The minimum absolute atomic E-state index is 0.0671. The Morgan fingerprint density at radius 2 is 2.11 bits per heavy atom. The molecule has 2 heteroatoms. The summed E-state index contributed by atoms with van der Waals surface area (Å²) in [5.74, 6) is 0.285. The standard InChI is InChI=1S/C7H13NO/c1-5(6(2)9)7(8)3-4-7/h5H,3-4,8H2,1-2H3. The van der Waals surface area contributed by atoms with Crippen molar-refractivity contribution in [1.82, 2.24) is 0 Å². The predicted octanol–water partition coefficient (Wildman–Crippen LogP) is 0.703. The third-order valence-corrected chi connectivity index (χ3v) is 2.30. The fourth-order valence-electron chi connectivity index (χ4n) is 0.982. The molecule has 0 aliphatic heterocycles. The third-order valence-electron chi connectivity index (χ3n) is 2.30. The Balaban J connectivity index is 2.52. The number of hydrogen-bond donors (Lipinski definition) is 1. The molecule has 1 saturated carbocycles. The molecule has 0 radical (unpaired) electrons. The summed E-state index contributed by atoms with van der Waals surface area (Å²) in [5, 5.41) is 0. The zero-order chi connectivity index (χ0) is 7.07. The van der Waals surface area contributed by atoms with Crippen molar-refractivity contribution in [2.45, 2.75) is 32.2 Å². The number of hydrogen-bond acceptors (Lipinski definition) is 2. The molecule has 1 atom stereocenters. The molecular formula is C7H13NO. The van der Waals surface area contributed by atoms with Crippen LogP contribution in [0.3, 0.4) is 0 Å². The molecule has 9 heavy (non-hydrogen) atoms. The van der Waals surface area contributed by atoms with Gasteiger partial charge in [0.2, 0.25) is 0 Å². The van der Waals surface area contributed by atoms with Gasteiger partial charge in [0.25, 0.3) is 0 Å². The Bertz CT molecular complexity index is 138.